The van der Waals surface area contributed by atoms with Gasteiger partial charge in [0.1, 0.15) is 36.0 Å². The van der Waals surface area contributed by atoms with E-state index >= 15 is 0 Å². The van der Waals surface area contributed by atoms with Gasteiger partial charge in [-0.05, 0) is 30.5 Å². The van der Waals surface area contributed by atoms with Crippen LogP contribution in [-0.2, 0) is 49.6 Å². The molecule has 10 atom stereocenters. The van der Waals surface area contributed by atoms with Crippen molar-refractivity contribution in [3.8, 4) is 5.75 Å². The molecule has 3 aliphatic heterocycles. The minimum atomic E-state index is -1.71. The van der Waals surface area contributed by atoms with Gasteiger partial charge in [0.05, 0.1) is 54.8 Å². The summed E-state index contributed by atoms with van der Waals surface area (Å²) in [5.41, 5.74) is 6.32. The van der Waals surface area contributed by atoms with E-state index in [9.17, 15) is 58.5 Å². The van der Waals surface area contributed by atoms with Gasteiger partial charge in [-0.25, -0.2) is 0 Å². The van der Waals surface area contributed by atoms with Crippen molar-refractivity contribution < 1.29 is 58.5 Å². The molecule has 3 aliphatic rings. The van der Waals surface area contributed by atoms with Gasteiger partial charge in [0.2, 0.25) is 47.3 Å². The first kappa shape index (κ1) is 48.3. The molecule has 13 N–H and O–H groups in total. The van der Waals surface area contributed by atoms with E-state index in [1.165, 1.54) is 26.0 Å². The molecule has 2 aromatic rings. The summed E-state index contributed by atoms with van der Waals surface area (Å²) >= 11 is 0.991. The highest BCUT2D eigenvalue weighted by Gasteiger charge is 2.44. The Labute approximate surface area is 366 Å². The monoisotopic (exact) mass is 900 g/mol. The van der Waals surface area contributed by atoms with E-state index in [0.29, 0.717) is 27.9 Å². The zero-order valence-electron chi connectivity index (χ0n) is 35.3. The number of nitrogens with one attached hydrogen (secondary N) is 8. The average Bonchev–Trinajstić information content (AvgIpc) is 3.78. The van der Waals surface area contributed by atoms with Crippen LogP contribution in [0, 0.1) is 11.8 Å². The molecule has 0 aliphatic carbocycles. The lowest BCUT2D eigenvalue weighted by Gasteiger charge is -2.32. The number of rotatable bonds is 6. The highest BCUT2D eigenvalue weighted by Crippen LogP contribution is 2.33. The van der Waals surface area contributed by atoms with E-state index in [1.54, 1.807) is 19.9 Å². The van der Waals surface area contributed by atoms with Crippen LogP contribution in [0.1, 0.15) is 52.5 Å². The molecule has 5 rings (SSSR count). The van der Waals surface area contributed by atoms with E-state index in [4.69, 9.17) is 5.73 Å². The minimum absolute atomic E-state index is 0.117. The number of nitrogens with zero attached hydrogens (tertiary/aromatic N) is 1. The summed E-state index contributed by atoms with van der Waals surface area (Å²) in [4.78, 5) is 128. The number of aromatic amines is 1. The van der Waals surface area contributed by atoms with Gasteiger partial charge in [0, 0.05) is 42.5 Å². The molecule has 1 aromatic heterocycles. The van der Waals surface area contributed by atoms with E-state index < -0.39 is 146 Å². The first-order valence-electron chi connectivity index (χ1n) is 20.7. The van der Waals surface area contributed by atoms with Gasteiger partial charge in [-0.2, -0.15) is 0 Å². The van der Waals surface area contributed by atoms with Gasteiger partial charge in [-0.1, -0.05) is 27.2 Å². The fraction of sp³-hybridized carbons (Fsp3) is 0.575. The Morgan fingerprint density at radius 3 is 2.27 bits per heavy atom. The summed E-state index contributed by atoms with van der Waals surface area (Å²) in [5.74, 6) is -9.49. The highest BCUT2D eigenvalue weighted by atomic mass is 32.2. The van der Waals surface area contributed by atoms with Crippen LogP contribution in [0.4, 0.5) is 0 Å². The maximum Gasteiger partial charge on any atom is 0.246 e. The molecule has 2 bridgehead atoms. The maximum atomic E-state index is 14.4. The summed E-state index contributed by atoms with van der Waals surface area (Å²) in [5, 5.41) is 50.8. The van der Waals surface area contributed by atoms with Gasteiger partial charge in [0.15, 0.2) is 5.78 Å². The minimum Gasteiger partial charge on any atom is -0.508 e. The molecule has 1 fully saturated rings. The van der Waals surface area contributed by atoms with Gasteiger partial charge >= 0.3 is 0 Å². The van der Waals surface area contributed by atoms with Crippen molar-refractivity contribution >= 4 is 75.7 Å². The standard InChI is InChI=1S/C40H56N10O12S/c1-5-17(2)33-37(60)43-14-32(57)44-27-16-63-39-23(22-7-6-20(52)8-24(22)47-39)10-25(29(54)12-42-13-31(56)48-33)45-38(61)34(18(3)19(4)51)49-36(59)28-9-21(53)15-50(28)40(62)26(11-30(41)55)46-35(27)58/h6-8,17-19,21,25-28,33-34,42,47,51-53H,5,9-16H2,1-4H3,(H2,41,55)(H,43,60)(H,44,57)(H,45,61)(H,46,58)(H,48,56)(H,49,59)/t17-,18+,19+,21+,25+,26+,27+,28+,33-,34+/m0/s1. The molecule has 0 spiro atoms. The predicted molar refractivity (Wildman–Crippen MR) is 225 cm³/mol. The number of primary amides is 1. The number of aromatic nitrogens is 1. The second kappa shape index (κ2) is 21.1. The third kappa shape index (κ3) is 12.0. The third-order valence-corrected chi connectivity index (χ3v) is 12.7. The van der Waals surface area contributed by atoms with Crippen LogP contribution in [0.2, 0.25) is 0 Å². The number of nitrogens with two attached hydrogens (primary N) is 1. The molecule has 0 unspecified atom stereocenters. The third-order valence-electron chi connectivity index (χ3n) is 11.6. The number of hydrogen-bond acceptors (Lipinski definition) is 14. The van der Waals surface area contributed by atoms with Gasteiger partial charge < -0.3 is 68.2 Å². The number of aliphatic hydroxyl groups excluding tert-OH is 2. The van der Waals surface area contributed by atoms with Crippen molar-refractivity contribution in [1.82, 2.24) is 47.1 Å². The molecule has 23 heteroatoms. The van der Waals surface area contributed by atoms with Crippen molar-refractivity contribution in [1.29, 1.82) is 0 Å². The van der Waals surface area contributed by atoms with Crippen LogP contribution in [-0.4, -0.2) is 159 Å². The zero-order chi connectivity index (χ0) is 46.3. The van der Waals surface area contributed by atoms with Gasteiger partial charge in [-0.15, -0.1) is 11.8 Å². The highest BCUT2D eigenvalue weighted by molar-refractivity contribution is 7.99. The lowest BCUT2D eigenvalue weighted by Crippen LogP contribution is -2.61. The number of carbonyl (C=O) groups is 9. The molecule has 344 valence electrons. The molecule has 63 heavy (non-hydrogen) atoms. The SMILES string of the molecule is CC[C@H](C)[C@@H]1NC(=O)CNCC(=O)[C@H]2Cc3c([nH]c4cc(O)ccc34)SC[C@@H](NC(=O)CNC1=O)C(=O)N[C@H](CC(N)=O)C(=O)N1C[C@H](O)C[C@@H]1C(=O)N[C@H]([C@H](C)[C@@H](C)O)C(=O)N2. The fourth-order valence-corrected chi connectivity index (χ4v) is 8.74. The van der Waals surface area contributed by atoms with Gasteiger partial charge in [0.25, 0.3) is 0 Å². The maximum absolute atomic E-state index is 14.4. The smallest absolute Gasteiger partial charge is 0.246 e. The Kier molecular flexibility index (Phi) is 16.1. The van der Waals surface area contributed by atoms with Crippen LogP contribution in [0.5, 0.6) is 5.75 Å². The van der Waals surface area contributed by atoms with E-state index in [-0.39, 0.29) is 24.3 Å². The van der Waals surface area contributed by atoms with Crippen LogP contribution in [0.25, 0.3) is 10.9 Å². The topological polar surface area (TPSA) is 344 Å². The first-order chi connectivity index (χ1) is 29.8. The number of thioether (sulfide) groups is 1. The first-order valence-corrected chi connectivity index (χ1v) is 21.7. The van der Waals surface area contributed by atoms with Crippen molar-refractivity contribution in [3.05, 3.63) is 23.8 Å². The lowest BCUT2D eigenvalue weighted by molar-refractivity contribution is -0.144. The van der Waals surface area contributed by atoms with Crippen LogP contribution < -0.4 is 43.0 Å². The normalized spacial score (nSPS) is 27.9. The van der Waals surface area contributed by atoms with Crippen molar-refractivity contribution in [2.45, 2.75) is 107 Å². The number of phenols is 1. The average molecular weight is 901 g/mol. The summed E-state index contributed by atoms with van der Waals surface area (Å²) in [6.45, 7) is 4.38. The zero-order valence-corrected chi connectivity index (χ0v) is 36.1. The Balaban J connectivity index is 1.68. The fourth-order valence-electron chi connectivity index (χ4n) is 7.62. The number of phenolic OH excluding ortho intramolecular Hbond substituents is 1. The second-order valence-electron chi connectivity index (χ2n) is 16.3. The van der Waals surface area contributed by atoms with Crippen molar-refractivity contribution in [2.75, 3.05) is 31.9 Å². The molecular weight excluding hydrogens is 845 g/mol. The lowest BCUT2D eigenvalue weighted by atomic mass is 9.94. The quantitative estimate of drug-likeness (QED) is 0.132. The van der Waals surface area contributed by atoms with Crippen LogP contribution in [0.3, 0.4) is 0 Å². The molecule has 22 nitrogen and oxygen atoms in total. The number of carbonyl (C=O) groups excluding carboxylic acids is 9. The predicted octanol–water partition coefficient (Wildman–Crippen LogP) is -3.87. The van der Waals surface area contributed by atoms with Crippen molar-refractivity contribution in [2.24, 2.45) is 17.6 Å². The van der Waals surface area contributed by atoms with E-state index in [2.05, 4.69) is 42.2 Å². The molecule has 1 saturated heterocycles. The Bertz CT molecular complexity index is 2110. The van der Waals surface area contributed by atoms with Gasteiger partial charge in [-0.3, -0.25) is 43.2 Å². The largest absolute Gasteiger partial charge is 0.508 e. The summed E-state index contributed by atoms with van der Waals surface area (Å²) in [6.07, 6.45) is -3.32. The number of H-pyrrole nitrogens is 1. The summed E-state index contributed by atoms with van der Waals surface area (Å²) in [6, 6.07) is -4.32. The number of benzene rings is 1. The molecular formula is C40H56N10O12S. The second-order valence-corrected chi connectivity index (χ2v) is 17.3. The number of fused-ring (bicyclic) bond motifs is 5. The molecule has 0 radical (unpaired) electrons. The Morgan fingerprint density at radius 2 is 1.59 bits per heavy atom. The number of hydrogen-bond donors (Lipinski definition) is 12. The molecule has 4 heterocycles. The summed E-state index contributed by atoms with van der Waals surface area (Å²) in [7, 11) is 0. The number of ketones is 1. The van der Waals surface area contributed by atoms with Crippen LogP contribution in [0.15, 0.2) is 23.2 Å². The Hall–Kier alpha value is -5.78. The van der Waals surface area contributed by atoms with E-state index in [1.807, 2.05) is 0 Å². The van der Waals surface area contributed by atoms with Crippen molar-refractivity contribution in [3.63, 3.8) is 0 Å². The number of aromatic hydroxyl groups is 1. The number of Topliss-reactive ketones (excluding diaryl/α,β-unsaturated/α-hetero) is 1. The van der Waals surface area contributed by atoms with Crippen LogP contribution >= 0.6 is 11.8 Å². The Morgan fingerprint density at radius 1 is 0.873 bits per heavy atom. The summed E-state index contributed by atoms with van der Waals surface area (Å²) < 4.78 is 0. The molecule has 0 saturated carbocycles. The van der Waals surface area contributed by atoms with E-state index in [0.717, 1.165) is 16.7 Å². The molecule has 1 aromatic carbocycles. The number of amides is 8. The molecule has 8 amide bonds. The number of aliphatic hydroxyl groups is 2.